The van der Waals surface area contributed by atoms with Gasteiger partial charge in [0.2, 0.25) is 0 Å². The van der Waals surface area contributed by atoms with Crippen LogP contribution in [0.5, 0.6) is 0 Å². The van der Waals surface area contributed by atoms with Gasteiger partial charge in [0, 0.05) is 28.9 Å². The first-order chi connectivity index (χ1) is 13.7. The lowest BCUT2D eigenvalue weighted by molar-refractivity contribution is 0.0938. The Kier molecular flexibility index (Phi) is 5.33. The predicted octanol–water partition coefficient (Wildman–Crippen LogP) is 4.87. The molecule has 1 aliphatic carbocycles. The van der Waals surface area contributed by atoms with E-state index in [1.165, 1.54) is 12.8 Å². The summed E-state index contributed by atoms with van der Waals surface area (Å²) in [5.41, 5.74) is 3.40. The van der Waals surface area contributed by atoms with Crippen LogP contribution in [-0.4, -0.2) is 21.9 Å². The smallest absolute Gasteiger partial charge is 0.251 e. The molecule has 0 atom stereocenters. The van der Waals surface area contributed by atoms with Crippen molar-refractivity contribution in [3.63, 3.8) is 0 Å². The van der Waals surface area contributed by atoms with Gasteiger partial charge in [-0.25, -0.2) is 9.97 Å². The fourth-order valence-corrected chi connectivity index (χ4v) is 3.61. The number of amides is 1. The standard InChI is InChI=1S/C23H24N4O/c1-16-24-21(17-8-3-2-4-9-17)15-22(25-16)26-20-13-7-10-18(14-20)23(28)27-19-11-5-6-12-19/h2-4,7-10,13-15,19H,5-6,11-12H2,1H3,(H,27,28)(H,24,25,26). The Balaban J connectivity index is 1.53. The molecule has 28 heavy (non-hydrogen) atoms. The van der Waals surface area contributed by atoms with Crippen LogP contribution in [0.15, 0.2) is 60.7 Å². The van der Waals surface area contributed by atoms with Gasteiger partial charge in [-0.3, -0.25) is 4.79 Å². The number of benzene rings is 2. The van der Waals surface area contributed by atoms with Crippen molar-refractivity contribution in [2.75, 3.05) is 5.32 Å². The van der Waals surface area contributed by atoms with Crippen LogP contribution in [0.1, 0.15) is 41.9 Å². The molecule has 142 valence electrons. The molecule has 1 fully saturated rings. The summed E-state index contributed by atoms with van der Waals surface area (Å²) in [5, 5.41) is 6.45. The largest absolute Gasteiger partial charge is 0.349 e. The van der Waals surface area contributed by atoms with Crippen molar-refractivity contribution in [1.82, 2.24) is 15.3 Å². The number of nitrogens with zero attached hydrogens (tertiary/aromatic N) is 2. The Morgan fingerprint density at radius 1 is 0.964 bits per heavy atom. The fraction of sp³-hybridized carbons (Fsp3) is 0.261. The van der Waals surface area contributed by atoms with Gasteiger partial charge < -0.3 is 10.6 Å². The molecule has 5 heteroatoms. The van der Waals surface area contributed by atoms with E-state index in [0.717, 1.165) is 29.8 Å². The molecule has 2 aromatic carbocycles. The number of rotatable bonds is 5. The Morgan fingerprint density at radius 3 is 2.54 bits per heavy atom. The zero-order valence-electron chi connectivity index (χ0n) is 16.0. The van der Waals surface area contributed by atoms with Gasteiger partial charge in [0.15, 0.2) is 0 Å². The Bertz CT molecular complexity index is 965. The summed E-state index contributed by atoms with van der Waals surface area (Å²) < 4.78 is 0. The van der Waals surface area contributed by atoms with Crippen molar-refractivity contribution in [3.05, 3.63) is 72.1 Å². The molecule has 0 spiro atoms. The van der Waals surface area contributed by atoms with Crippen molar-refractivity contribution < 1.29 is 4.79 Å². The van der Waals surface area contributed by atoms with Crippen LogP contribution in [0.4, 0.5) is 11.5 Å². The number of carbonyl (C=O) groups is 1. The topological polar surface area (TPSA) is 66.9 Å². The number of anilines is 2. The van der Waals surface area contributed by atoms with Gasteiger partial charge in [-0.2, -0.15) is 0 Å². The maximum absolute atomic E-state index is 12.5. The average Bonchev–Trinajstić information content (AvgIpc) is 3.21. The average molecular weight is 372 g/mol. The molecule has 0 unspecified atom stereocenters. The molecule has 0 aliphatic heterocycles. The van der Waals surface area contributed by atoms with Gasteiger partial charge in [0.1, 0.15) is 11.6 Å². The van der Waals surface area contributed by atoms with E-state index < -0.39 is 0 Å². The van der Waals surface area contributed by atoms with E-state index >= 15 is 0 Å². The third-order valence-electron chi connectivity index (χ3n) is 5.00. The highest BCUT2D eigenvalue weighted by Crippen LogP contribution is 2.23. The molecular formula is C23H24N4O. The summed E-state index contributed by atoms with van der Waals surface area (Å²) in [6.07, 6.45) is 4.55. The third-order valence-corrected chi connectivity index (χ3v) is 5.00. The van der Waals surface area contributed by atoms with Crippen LogP contribution < -0.4 is 10.6 Å². The van der Waals surface area contributed by atoms with Crippen LogP contribution in [-0.2, 0) is 0 Å². The number of nitrogens with one attached hydrogen (secondary N) is 2. The molecule has 1 heterocycles. The molecule has 2 N–H and O–H groups in total. The lowest BCUT2D eigenvalue weighted by atomic mass is 10.1. The molecule has 0 saturated heterocycles. The molecule has 0 bridgehead atoms. The second-order valence-electron chi connectivity index (χ2n) is 7.21. The van der Waals surface area contributed by atoms with Crippen LogP contribution in [0, 0.1) is 6.92 Å². The maximum Gasteiger partial charge on any atom is 0.251 e. The lowest BCUT2D eigenvalue weighted by Crippen LogP contribution is -2.32. The number of hydrogen-bond donors (Lipinski definition) is 2. The van der Waals surface area contributed by atoms with E-state index in [0.29, 0.717) is 23.2 Å². The molecule has 1 saturated carbocycles. The molecule has 1 amide bonds. The third kappa shape index (κ3) is 4.36. The van der Waals surface area contributed by atoms with Crippen LogP contribution in [0.2, 0.25) is 0 Å². The summed E-state index contributed by atoms with van der Waals surface area (Å²) in [7, 11) is 0. The van der Waals surface area contributed by atoms with E-state index in [2.05, 4.69) is 20.6 Å². The minimum absolute atomic E-state index is 0.0145. The summed E-state index contributed by atoms with van der Waals surface area (Å²) in [6, 6.07) is 19.8. The molecule has 5 nitrogen and oxygen atoms in total. The second kappa shape index (κ2) is 8.21. The summed E-state index contributed by atoms with van der Waals surface area (Å²) >= 11 is 0. The number of aromatic nitrogens is 2. The van der Waals surface area contributed by atoms with Crippen molar-refractivity contribution in [3.8, 4) is 11.3 Å². The Morgan fingerprint density at radius 2 is 1.75 bits per heavy atom. The highest BCUT2D eigenvalue weighted by molar-refractivity contribution is 5.95. The summed E-state index contributed by atoms with van der Waals surface area (Å²) in [5.74, 6) is 1.39. The van der Waals surface area contributed by atoms with E-state index in [9.17, 15) is 4.79 Å². The number of carbonyl (C=O) groups excluding carboxylic acids is 1. The van der Waals surface area contributed by atoms with E-state index in [4.69, 9.17) is 0 Å². The molecular weight excluding hydrogens is 348 g/mol. The summed E-state index contributed by atoms with van der Waals surface area (Å²) in [4.78, 5) is 21.6. The molecule has 4 rings (SSSR count). The van der Waals surface area contributed by atoms with Crippen molar-refractivity contribution in [2.45, 2.75) is 38.6 Å². The quantitative estimate of drug-likeness (QED) is 0.671. The second-order valence-corrected chi connectivity index (χ2v) is 7.21. The normalized spacial score (nSPS) is 14.0. The molecule has 3 aromatic rings. The monoisotopic (exact) mass is 372 g/mol. The van der Waals surface area contributed by atoms with Gasteiger partial charge in [-0.05, 0) is 38.0 Å². The van der Waals surface area contributed by atoms with Crippen LogP contribution in [0.25, 0.3) is 11.3 Å². The van der Waals surface area contributed by atoms with Gasteiger partial charge in [-0.15, -0.1) is 0 Å². The lowest BCUT2D eigenvalue weighted by Gasteiger charge is -2.13. The minimum atomic E-state index is -0.0145. The van der Waals surface area contributed by atoms with Gasteiger partial charge in [-0.1, -0.05) is 49.2 Å². The predicted molar refractivity (Wildman–Crippen MR) is 112 cm³/mol. The SMILES string of the molecule is Cc1nc(Nc2cccc(C(=O)NC3CCCC3)c2)cc(-c2ccccc2)n1. The minimum Gasteiger partial charge on any atom is -0.349 e. The van der Waals surface area contributed by atoms with Crippen molar-refractivity contribution in [1.29, 1.82) is 0 Å². The van der Waals surface area contributed by atoms with Crippen LogP contribution >= 0.6 is 0 Å². The van der Waals surface area contributed by atoms with E-state index in [1.807, 2.05) is 67.6 Å². The number of hydrogen-bond acceptors (Lipinski definition) is 4. The fourth-order valence-electron chi connectivity index (χ4n) is 3.61. The van der Waals surface area contributed by atoms with E-state index in [1.54, 1.807) is 0 Å². The zero-order valence-corrected chi connectivity index (χ0v) is 16.0. The van der Waals surface area contributed by atoms with Gasteiger partial charge in [0.25, 0.3) is 5.91 Å². The van der Waals surface area contributed by atoms with E-state index in [-0.39, 0.29) is 5.91 Å². The zero-order chi connectivity index (χ0) is 19.3. The van der Waals surface area contributed by atoms with Gasteiger partial charge >= 0.3 is 0 Å². The van der Waals surface area contributed by atoms with Gasteiger partial charge in [0.05, 0.1) is 5.69 Å². The molecule has 1 aliphatic rings. The molecule has 0 radical (unpaired) electrons. The first kappa shape index (κ1) is 18.2. The Labute approximate surface area is 165 Å². The first-order valence-corrected chi connectivity index (χ1v) is 9.76. The highest BCUT2D eigenvalue weighted by atomic mass is 16.1. The summed E-state index contributed by atoms with van der Waals surface area (Å²) in [6.45, 7) is 1.88. The number of aryl methyl sites for hydroxylation is 1. The van der Waals surface area contributed by atoms with Crippen molar-refractivity contribution in [2.24, 2.45) is 0 Å². The highest BCUT2D eigenvalue weighted by Gasteiger charge is 2.18. The first-order valence-electron chi connectivity index (χ1n) is 9.76. The van der Waals surface area contributed by atoms with Crippen molar-refractivity contribution >= 4 is 17.4 Å². The maximum atomic E-state index is 12.5. The van der Waals surface area contributed by atoms with Crippen LogP contribution in [0.3, 0.4) is 0 Å². The Hall–Kier alpha value is -3.21. The molecule has 1 aromatic heterocycles.